The minimum Gasteiger partial charge on any atom is -0.382 e. The van der Waals surface area contributed by atoms with Crippen LogP contribution in [0.5, 0.6) is 0 Å². The zero-order valence-electron chi connectivity index (χ0n) is 10.9. The molecule has 1 aliphatic carbocycles. The Balaban J connectivity index is 1.89. The fourth-order valence-corrected chi connectivity index (χ4v) is 2.43. The Labute approximate surface area is 103 Å². The predicted molar refractivity (Wildman–Crippen MR) is 66.3 cm³/mol. The van der Waals surface area contributed by atoms with Crippen molar-refractivity contribution in [3.63, 3.8) is 0 Å². The SMILES string of the molecule is COCCOCCn1c(C)nc2c1CCCC2. The van der Waals surface area contributed by atoms with Gasteiger partial charge >= 0.3 is 0 Å². The molecule has 0 fully saturated rings. The quantitative estimate of drug-likeness (QED) is 0.708. The smallest absolute Gasteiger partial charge is 0.106 e. The molecule has 4 nitrogen and oxygen atoms in total. The molecule has 0 saturated carbocycles. The maximum atomic E-state index is 5.52. The lowest BCUT2D eigenvalue weighted by atomic mass is 10.0. The fourth-order valence-electron chi connectivity index (χ4n) is 2.43. The molecule has 0 amide bonds. The van der Waals surface area contributed by atoms with E-state index in [0.29, 0.717) is 13.2 Å². The molecule has 1 aromatic rings. The van der Waals surface area contributed by atoms with Crippen molar-refractivity contribution in [3.8, 4) is 0 Å². The summed E-state index contributed by atoms with van der Waals surface area (Å²) in [7, 11) is 1.69. The Morgan fingerprint density at radius 1 is 1.18 bits per heavy atom. The molecule has 2 rings (SSSR count). The topological polar surface area (TPSA) is 36.3 Å². The van der Waals surface area contributed by atoms with Crippen LogP contribution in [-0.4, -0.2) is 36.5 Å². The van der Waals surface area contributed by atoms with E-state index in [0.717, 1.165) is 25.4 Å². The van der Waals surface area contributed by atoms with Gasteiger partial charge in [0.05, 0.1) is 25.5 Å². The summed E-state index contributed by atoms with van der Waals surface area (Å²) in [5, 5.41) is 0. The minimum atomic E-state index is 0.668. The van der Waals surface area contributed by atoms with Gasteiger partial charge in [0.15, 0.2) is 0 Å². The summed E-state index contributed by atoms with van der Waals surface area (Å²) in [4.78, 5) is 4.65. The summed E-state index contributed by atoms with van der Waals surface area (Å²) >= 11 is 0. The van der Waals surface area contributed by atoms with Gasteiger partial charge < -0.3 is 14.0 Å². The molecule has 0 atom stereocenters. The molecule has 0 radical (unpaired) electrons. The van der Waals surface area contributed by atoms with Gasteiger partial charge in [0.1, 0.15) is 5.82 Å². The maximum Gasteiger partial charge on any atom is 0.106 e. The van der Waals surface area contributed by atoms with Crippen molar-refractivity contribution < 1.29 is 9.47 Å². The first-order chi connectivity index (χ1) is 8.33. The third kappa shape index (κ3) is 3.07. The van der Waals surface area contributed by atoms with Crippen LogP contribution in [0, 0.1) is 6.92 Å². The molecule has 1 aliphatic rings. The van der Waals surface area contributed by atoms with Crippen molar-refractivity contribution in [1.82, 2.24) is 9.55 Å². The van der Waals surface area contributed by atoms with Crippen LogP contribution in [0.3, 0.4) is 0 Å². The molecule has 1 heterocycles. The zero-order valence-corrected chi connectivity index (χ0v) is 10.9. The summed E-state index contributed by atoms with van der Waals surface area (Å²) < 4.78 is 12.8. The molecule has 4 heteroatoms. The molecule has 0 aliphatic heterocycles. The van der Waals surface area contributed by atoms with Gasteiger partial charge in [-0.2, -0.15) is 0 Å². The van der Waals surface area contributed by atoms with Crippen molar-refractivity contribution >= 4 is 0 Å². The number of rotatable bonds is 6. The molecular weight excluding hydrogens is 216 g/mol. The van der Waals surface area contributed by atoms with E-state index < -0.39 is 0 Å². The minimum absolute atomic E-state index is 0.668. The Hall–Kier alpha value is -0.870. The molecule has 0 bridgehead atoms. The first-order valence-electron chi connectivity index (χ1n) is 6.44. The van der Waals surface area contributed by atoms with E-state index >= 15 is 0 Å². The highest BCUT2D eigenvalue weighted by atomic mass is 16.5. The molecular formula is C13H22N2O2. The second kappa shape index (κ2) is 6.17. The van der Waals surface area contributed by atoms with E-state index in [1.54, 1.807) is 7.11 Å². The third-order valence-electron chi connectivity index (χ3n) is 3.31. The first-order valence-corrected chi connectivity index (χ1v) is 6.44. The Kier molecular flexibility index (Phi) is 4.57. The van der Waals surface area contributed by atoms with Gasteiger partial charge in [-0.25, -0.2) is 4.98 Å². The molecule has 0 N–H and O–H groups in total. The number of aromatic nitrogens is 2. The van der Waals surface area contributed by atoms with Gasteiger partial charge in [-0.15, -0.1) is 0 Å². The summed E-state index contributed by atoms with van der Waals surface area (Å²) in [6.07, 6.45) is 4.90. The lowest BCUT2D eigenvalue weighted by Gasteiger charge is -2.14. The maximum absolute atomic E-state index is 5.52. The summed E-state index contributed by atoms with van der Waals surface area (Å²) in [5.41, 5.74) is 2.75. The number of nitrogens with zero attached hydrogens (tertiary/aromatic N) is 2. The first kappa shape index (κ1) is 12.6. The molecule has 0 unspecified atom stereocenters. The van der Waals surface area contributed by atoms with Gasteiger partial charge in [-0.1, -0.05) is 0 Å². The van der Waals surface area contributed by atoms with Crippen molar-refractivity contribution in [2.45, 2.75) is 39.2 Å². The number of aryl methyl sites for hydroxylation is 2. The highest BCUT2D eigenvalue weighted by Crippen LogP contribution is 2.21. The van der Waals surface area contributed by atoms with Crippen LogP contribution in [-0.2, 0) is 28.9 Å². The van der Waals surface area contributed by atoms with Crippen molar-refractivity contribution in [2.24, 2.45) is 0 Å². The Bertz CT molecular complexity index is 361. The van der Waals surface area contributed by atoms with Crippen LogP contribution in [0.15, 0.2) is 0 Å². The van der Waals surface area contributed by atoms with E-state index in [9.17, 15) is 0 Å². The summed E-state index contributed by atoms with van der Waals surface area (Å²) in [5.74, 6) is 1.13. The van der Waals surface area contributed by atoms with Crippen molar-refractivity contribution in [2.75, 3.05) is 26.9 Å². The predicted octanol–water partition coefficient (Wildman–Crippen LogP) is 1.73. The van der Waals surface area contributed by atoms with Crippen molar-refractivity contribution in [3.05, 3.63) is 17.2 Å². The normalized spacial score (nSPS) is 14.9. The number of methoxy groups -OCH3 is 1. The van der Waals surface area contributed by atoms with Crippen LogP contribution < -0.4 is 0 Å². The Morgan fingerprint density at radius 3 is 2.82 bits per heavy atom. The molecule has 0 spiro atoms. The molecule has 0 saturated heterocycles. The highest BCUT2D eigenvalue weighted by Gasteiger charge is 2.17. The lowest BCUT2D eigenvalue weighted by molar-refractivity contribution is 0.0661. The second-order valence-corrected chi connectivity index (χ2v) is 4.52. The van der Waals surface area contributed by atoms with Crippen molar-refractivity contribution in [1.29, 1.82) is 0 Å². The monoisotopic (exact) mass is 238 g/mol. The molecule has 96 valence electrons. The zero-order chi connectivity index (χ0) is 12.1. The number of hydrogen-bond donors (Lipinski definition) is 0. The molecule has 1 aromatic heterocycles. The van der Waals surface area contributed by atoms with Crippen LogP contribution in [0.2, 0.25) is 0 Å². The van der Waals surface area contributed by atoms with E-state index in [1.807, 2.05) is 0 Å². The van der Waals surface area contributed by atoms with Gasteiger partial charge in [0.2, 0.25) is 0 Å². The van der Waals surface area contributed by atoms with Crippen LogP contribution in [0.25, 0.3) is 0 Å². The average molecular weight is 238 g/mol. The molecule has 17 heavy (non-hydrogen) atoms. The van der Waals surface area contributed by atoms with Crippen LogP contribution >= 0.6 is 0 Å². The number of hydrogen-bond acceptors (Lipinski definition) is 3. The molecule has 0 aromatic carbocycles. The largest absolute Gasteiger partial charge is 0.382 e. The summed E-state index contributed by atoms with van der Waals surface area (Å²) in [6, 6.07) is 0. The van der Waals surface area contributed by atoms with E-state index in [2.05, 4.69) is 16.5 Å². The lowest BCUT2D eigenvalue weighted by Crippen LogP contribution is -2.14. The van der Waals surface area contributed by atoms with Crippen LogP contribution in [0.4, 0.5) is 0 Å². The third-order valence-corrected chi connectivity index (χ3v) is 3.31. The summed E-state index contributed by atoms with van der Waals surface area (Å²) in [6.45, 7) is 5.09. The van der Waals surface area contributed by atoms with Gasteiger partial charge in [-0.05, 0) is 32.6 Å². The average Bonchev–Trinajstić information content (AvgIpc) is 2.65. The van der Waals surface area contributed by atoms with Gasteiger partial charge in [-0.3, -0.25) is 0 Å². The highest BCUT2D eigenvalue weighted by molar-refractivity contribution is 5.19. The number of fused-ring (bicyclic) bond motifs is 1. The van der Waals surface area contributed by atoms with E-state index in [4.69, 9.17) is 9.47 Å². The Morgan fingerprint density at radius 2 is 2.00 bits per heavy atom. The fraction of sp³-hybridized carbons (Fsp3) is 0.769. The van der Waals surface area contributed by atoms with Gasteiger partial charge in [0.25, 0.3) is 0 Å². The van der Waals surface area contributed by atoms with Crippen LogP contribution in [0.1, 0.15) is 30.1 Å². The number of ether oxygens (including phenoxy) is 2. The van der Waals surface area contributed by atoms with E-state index in [1.165, 1.54) is 30.7 Å². The number of imidazole rings is 1. The second-order valence-electron chi connectivity index (χ2n) is 4.52. The van der Waals surface area contributed by atoms with E-state index in [-0.39, 0.29) is 0 Å². The van der Waals surface area contributed by atoms with Gasteiger partial charge in [0, 0.05) is 19.3 Å². The standard InChI is InChI=1S/C13H22N2O2/c1-11-14-12-5-3-4-6-13(12)15(11)7-8-17-10-9-16-2/h3-10H2,1-2H3.